The molecule has 2 fully saturated rings. The molecule has 1 unspecified atom stereocenters. The normalized spacial score (nSPS) is 20.4. The average molecular weight is 472 g/mol. The second kappa shape index (κ2) is 9.54. The lowest BCUT2D eigenvalue weighted by molar-refractivity contribution is -0.155. The summed E-state index contributed by atoms with van der Waals surface area (Å²) < 4.78 is 31.9. The fraction of sp³-hybridized carbons (Fsp3) is 0.550. The quantitative estimate of drug-likeness (QED) is 0.573. The number of ether oxygens (including phenoxy) is 1. The number of halogens is 1. The Bertz CT molecular complexity index is 942. The number of amides is 2. The Balaban J connectivity index is 1.48. The Labute approximate surface area is 186 Å². The SMILES string of the molecule is CC(C)N1CC(C(=O)OCC(=O)N2CCN(S(=O)(=O)c3ccc(Cl)cc3)CC2)CC1=O. The van der Waals surface area contributed by atoms with Gasteiger partial charge in [-0.25, -0.2) is 8.42 Å². The number of sulfonamides is 1. The van der Waals surface area contributed by atoms with E-state index in [2.05, 4.69) is 0 Å². The van der Waals surface area contributed by atoms with Gasteiger partial charge in [0.2, 0.25) is 15.9 Å². The van der Waals surface area contributed by atoms with Crippen LogP contribution in [0.4, 0.5) is 0 Å². The molecule has 2 amide bonds. The number of hydrogen-bond donors (Lipinski definition) is 0. The summed E-state index contributed by atoms with van der Waals surface area (Å²) in [5.41, 5.74) is 0. The molecule has 0 radical (unpaired) electrons. The molecular weight excluding hydrogens is 446 g/mol. The van der Waals surface area contributed by atoms with Gasteiger partial charge in [-0.2, -0.15) is 4.31 Å². The first kappa shape index (κ1) is 23.5. The van der Waals surface area contributed by atoms with Crippen LogP contribution in [0.3, 0.4) is 0 Å². The number of esters is 1. The van der Waals surface area contributed by atoms with Crippen LogP contribution in [0.2, 0.25) is 5.02 Å². The largest absolute Gasteiger partial charge is 0.455 e. The lowest BCUT2D eigenvalue weighted by Crippen LogP contribution is -2.51. The molecule has 0 N–H and O–H groups in total. The summed E-state index contributed by atoms with van der Waals surface area (Å²) in [6.45, 7) is 4.32. The van der Waals surface area contributed by atoms with Gasteiger partial charge >= 0.3 is 5.97 Å². The zero-order valence-electron chi connectivity index (χ0n) is 17.5. The van der Waals surface area contributed by atoms with Crippen molar-refractivity contribution in [1.29, 1.82) is 0 Å². The van der Waals surface area contributed by atoms with Crippen molar-refractivity contribution >= 4 is 39.4 Å². The van der Waals surface area contributed by atoms with Crippen molar-refractivity contribution in [3.05, 3.63) is 29.3 Å². The van der Waals surface area contributed by atoms with Gasteiger partial charge in [0.1, 0.15) is 0 Å². The number of hydrogen-bond acceptors (Lipinski definition) is 6. The van der Waals surface area contributed by atoms with Crippen LogP contribution >= 0.6 is 11.6 Å². The van der Waals surface area contributed by atoms with Crippen LogP contribution in [0, 0.1) is 5.92 Å². The van der Waals surface area contributed by atoms with Crippen molar-refractivity contribution < 1.29 is 27.5 Å². The van der Waals surface area contributed by atoms with Gasteiger partial charge in [-0.05, 0) is 38.1 Å². The van der Waals surface area contributed by atoms with Crippen molar-refractivity contribution in [1.82, 2.24) is 14.1 Å². The molecule has 11 heteroatoms. The Morgan fingerprint density at radius 3 is 2.29 bits per heavy atom. The minimum atomic E-state index is -3.67. The molecule has 1 atom stereocenters. The lowest BCUT2D eigenvalue weighted by atomic mass is 10.1. The molecule has 9 nitrogen and oxygen atoms in total. The third-order valence-electron chi connectivity index (χ3n) is 5.50. The molecule has 0 aliphatic carbocycles. The van der Waals surface area contributed by atoms with E-state index < -0.39 is 28.5 Å². The van der Waals surface area contributed by atoms with Gasteiger partial charge in [-0.15, -0.1) is 0 Å². The van der Waals surface area contributed by atoms with Crippen molar-refractivity contribution in [3.8, 4) is 0 Å². The number of rotatable bonds is 6. The van der Waals surface area contributed by atoms with Crippen LogP contribution in [0.25, 0.3) is 0 Å². The number of piperazine rings is 1. The molecule has 31 heavy (non-hydrogen) atoms. The third-order valence-corrected chi connectivity index (χ3v) is 7.66. The van der Waals surface area contributed by atoms with Crippen LogP contribution < -0.4 is 0 Å². The van der Waals surface area contributed by atoms with E-state index in [1.54, 1.807) is 4.90 Å². The molecule has 170 valence electrons. The minimum Gasteiger partial charge on any atom is -0.455 e. The highest BCUT2D eigenvalue weighted by atomic mass is 35.5. The average Bonchev–Trinajstić information content (AvgIpc) is 3.14. The van der Waals surface area contributed by atoms with Gasteiger partial charge in [0.15, 0.2) is 6.61 Å². The smallest absolute Gasteiger partial charge is 0.311 e. The second-order valence-corrected chi connectivity index (χ2v) is 10.3. The standard InChI is InChI=1S/C20H26ClN3O6S/c1-14(2)24-12-15(11-18(24)25)20(27)30-13-19(26)22-7-9-23(10-8-22)31(28,29)17-5-3-16(21)4-6-17/h3-6,14-15H,7-13H2,1-2H3. The Hall–Kier alpha value is -2.17. The molecule has 0 bridgehead atoms. The number of carbonyl (C=O) groups excluding carboxylic acids is 3. The van der Waals surface area contributed by atoms with E-state index in [4.69, 9.17) is 16.3 Å². The highest BCUT2D eigenvalue weighted by molar-refractivity contribution is 7.89. The minimum absolute atomic E-state index is 0.00683. The predicted molar refractivity (Wildman–Crippen MR) is 113 cm³/mol. The lowest BCUT2D eigenvalue weighted by Gasteiger charge is -2.34. The summed E-state index contributed by atoms with van der Waals surface area (Å²) in [7, 11) is -3.67. The third kappa shape index (κ3) is 5.36. The molecule has 2 saturated heterocycles. The summed E-state index contributed by atoms with van der Waals surface area (Å²) in [6, 6.07) is 5.93. The van der Waals surface area contributed by atoms with Gasteiger partial charge in [0.25, 0.3) is 5.91 Å². The number of likely N-dealkylation sites (tertiary alicyclic amines) is 1. The highest BCUT2D eigenvalue weighted by Crippen LogP contribution is 2.22. The molecule has 2 aliphatic rings. The molecule has 2 heterocycles. The maximum atomic E-state index is 12.7. The van der Waals surface area contributed by atoms with Crippen LogP contribution in [-0.2, 0) is 29.1 Å². The second-order valence-electron chi connectivity index (χ2n) is 7.89. The van der Waals surface area contributed by atoms with Crippen molar-refractivity contribution in [2.24, 2.45) is 5.92 Å². The van der Waals surface area contributed by atoms with E-state index in [1.165, 1.54) is 33.5 Å². The van der Waals surface area contributed by atoms with E-state index in [0.29, 0.717) is 11.6 Å². The van der Waals surface area contributed by atoms with Crippen LogP contribution in [0.5, 0.6) is 0 Å². The fourth-order valence-corrected chi connectivity index (χ4v) is 5.21. The van der Waals surface area contributed by atoms with E-state index in [9.17, 15) is 22.8 Å². The molecule has 2 aliphatic heterocycles. The highest BCUT2D eigenvalue weighted by Gasteiger charge is 2.37. The Morgan fingerprint density at radius 2 is 1.74 bits per heavy atom. The van der Waals surface area contributed by atoms with Crippen LogP contribution in [-0.4, -0.2) is 85.7 Å². The first-order chi connectivity index (χ1) is 14.6. The van der Waals surface area contributed by atoms with Crippen molar-refractivity contribution in [3.63, 3.8) is 0 Å². The maximum absolute atomic E-state index is 12.7. The van der Waals surface area contributed by atoms with Gasteiger partial charge in [-0.1, -0.05) is 11.6 Å². The Morgan fingerprint density at radius 1 is 1.13 bits per heavy atom. The van der Waals surface area contributed by atoms with Gasteiger partial charge in [0.05, 0.1) is 10.8 Å². The van der Waals surface area contributed by atoms with E-state index in [1.807, 2.05) is 13.8 Å². The van der Waals surface area contributed by atoms with E-state index >= 15 is 0 Å². The first-order valence-corrected chi connectivity index (χ1v) is 11.9. The maximum Gasteiger partial charge on any atom is 0.311 e. The number of nitrogens with zero attached hydrogens (tertiary/aromatic N) is 3. The number of carbonyl (C=O) groups is 3. The van der Waals surface area contributed by atoms with Crippen LogP contribution in [0.15, 0.2) is 29.2 Å². The zero-order chi connectivity index (χ0) is 22.8. The number of benzene rings is 1. The molecule has 1 aromatic carbocycles. The van der Waals surface area contributed by atoms with Gasteiger partial charge in [0, 0.05) is 50.2 Å². The van der Waals surface area contributed by atoms with E-state index in [-0.39, 0.29) is 55.4 Å². The summed E-state index contributed by atoms with van der Waals surface area (Å²) in [4.78, 5) is 39.8. The van der Waals surface area contributed by atoms with Crippen molar-refractivity contribution in [2.75, 3.05) is 39.3 Å². The molecule has 3 rings (SSSR count). The van der Waals surface area contributed by atoms with Gasteiger partial charge in [-0.3, -0.25) is 14.4 Å². The monoisotopic (exact) mass is 471 g/mol. The molecule has 0 aromatic heterocycles. The predicted octanol–water partition coefficient (Wildman–Crippen LogP) is 0.973. The first-order valence-electron chi connectivity index (χ1n) is 10.1. The Kier molecular flexibility index (Phi) is 7.23. The van der Waals surface area contributed by atoms with Gasteiger partial charge < -0.3 is 14.5 Å². The zero-order valence-corrected chi connectivity index (χ0v) is 19.1. The molecule has 0 spiro atoms. The molecular formula is C20H26ClN3O6S. The summed E-state index contributed by atoms with van der Waals surface area (Å²) in [6.07, 6.45) is 0.0897. The molecule has 1 aromatic rings. The summed E-state index contributed by atoms with van der Waals surface area (Å²) in [5, 5.41) is 0.447. The van der Waals surface area contributed by atoms with E-state index in [0.717, 1.165) is 0 Å². The molecule has 0 saturated carbocycles. The van der Waals surface area contributed by atoms with Crippen LogP contribution in [0.1, 0.15) is 20.3 Å². The fourth-order valence-electron chi connectivity index (χ4n) is 3.66. The topological polar surface area (TPSA) is 104 Å². The van der Waals surface area contributed by atoms with Crippen molar-refractivity contribution in [2.45, 2.75) is 31.2 Å². The summed E-state index contributed by atoms with van der Waals surface area (Å²) in [5.74, 6) is -1.61. The summed E-state index contributed by atoms with van der Waals surface area (Å²) >= 11 is 5.82.